The third kappa shape index (κ3) is 6.14. The quantitative estimate of drug-likeness (QED) is 0.655. The minimum Gasteiger partial charge on any atom is -0.349 e. The Bertz CT molecular complexity index is 1070. The number of carbonyl (C=O) groups is 3. The molecule has 2 fully saturated rings. The molecule has 1 aliphatic carbocycles. The topological polar surface area (TPSA) is 81.8 Å². The van der Waals surface area contributed by atoms with Gasteiger partial charge in [0.2, 0.25) is 5.91 Å². The maximum absolute atomic E-state index is 12.6. The molecule has 0 atom stereocenters. The standard InChI is InChI=1S/C25H27ClN4O3/c1-17-2-8-21(16-22(17)26)28-25(33)30-14-12-29(13-15-30)23(31)11-5-18-3-6-19(7-4-18)24(32)27-20-9-10-20/h2-8,11,16,20H,9-10,12-15H2,1H3,(H,27,32)(H,28,33). The van der Waals surface area contributed by atoms with E-state index in [4.69, 9.17) is 11.6 Å². The highest BCUT2D eigenvalue weighted by Crippen LogP contribution is 2.21. The molecule has 2 aliphatic rings. The predicted molar refractivity (Wildman–Crippen MR) is 129 cm³/mol. The summed E-state index contributed by atoms with van der Waals surface area (Å²) in [5.74, 6) is -0.160. The lowest BCUT2D eigenvalue weighted by molar-refractivity contribution is -0.127. The van der Waals surface area contributed by atoms with Crippen LogP contribution in [0.3, 0.4) is 0 Å². The Hall–Kier alpha value is -3.32. The zero-order chi connectivity index (χ0) is 23.4. The molecule has 0 aromatic heterocycles. The third-order valence-electron chi connectivity index (χ3n) is 5.81. The predicted octanol–water partition coefficient (Wildman–Crippen LogP) is 3.93. The molecule has 2 N–H and O–H groups in total. The number of aryl methyl sites for hydroxylation is 1. The Balaban J connectivity index is 1.24. The molecule has 1 aliphatic heterocycles. The number of nitrogens with zero attached hydrogens (tertiary/aromatic N) is 2. The molecule has 7 nitrogen and oxygen atoms in total. The fourth-order valence-electron chi connectivity index (χ4n) is 3.52. The summed E-state index contributed by atoms with van der Waals surface area (Å²) in [6, 6.07) is 12.7. The van der Waals surface area contributed by atoms with Crippen LogP contribution in [-0.4, -0.2) is 59.9 Å². The van der Waals surface area contributed by atoms with Crippen LogP contribution in [0, 0.1) is 6.92 Å². The number of rotatable bonds is 5. The van der Waals surface area contributed by atoms with Crippen molar-refractivity contribution in [3.8, 4) is 0 Å². The number of anilines is 1. The second-order valence-corrected chi connectivity index (χ2v) is 8.82. The van der Waals surface area contributed by atoms with Gasteiger partial charge in [0.1, 0.15) is 0 Å². The van der Waals surface area contributed by atoms with Crippen molar-refractivity contribution >= 4 is 41.2 Å². The number of piperazine rings is 1. The van der Waals surface area contributed by atoms with Gasteiger partial charge in [-0.25, -0.2) is 4.79 Å². The van der Waals surface area contributed by atoms with Crippen molar-refractivity contribution in [3.63, 3.8) is 0 Å². The molecule has 2 aromatic rings. The number of hydrogen-bond acceptors (Lipinski definition) is 3. The van der Waals surface area contributed by atoms with Crippen molar-refractivity contribution in [2.45, 2.75) is 25.8 Å². The number of halogens is 1. The van der Waals surface area contributed by atoms with Crippen molar-refractivity contribution in [2.24, 2.45) is 0 Å². The van der Waals surface area contributed by atoms with Crippen LogP contribution < -0.4 is 10.6 Å². The van der Waals surface area contributed by atoms with Gasteiger partial charge in [0, 0.05) is 54.6 Å². The Morgan fingerprint density at radius 3 is 2.27 bits per heavy atom. The van der Waals surface area contributed by atoms with Crippen LogP contribution in [0.5, 0.6) is 0 Å². The molecular formula is C25H27ClN4O3. The van der Waals surface area contributed by atoms with E-state index in [2.05, 4.69) is 10.6 Å². The first-order valence-electron chi connectivity index (χ1n) is 11.1. The largest absolute Gasteiger partial charge is 0.349 e. The van der Waals surface area contributed by atoms with Gasteiger partial charge in [0.15, 0.2) is 0 Å². The van der Waals surface area contributed by atoms with Gasteiger partial charge in [0.05, 0.1) is 0 Å². The summed E-state index contributed by atoms with van der Waals surface area (Å²) in [5, 5.41) is 6.41. The van der Waals surface area contributed by atoms with E-state index in [1.165, 1.54) is 6.08 Å². The number of benzene rings is 2. The van der Waals surface area contributed by atoms with Gasteiger partial charge in [-0.05, 0) is 61.2 Å². The van der Waals surface area contributed by atoms with Crippen molar-refractivity contribution in [1.82, 2.24) is 15.1 Å². The molecule has 0 unspecified atom stereocenters. The van der Waals surface area contributed by atoms with Crippen LogP contribution in [0.15, 0.2) is 48.5 Å². The summed E-state index contributed by atoms with van der Waals surface area (Å²) in [6.45, 7) is 3.74. The second kappa shape index (κ2) is 10.1. The molecular weight excluding hydrogens is 440 g/mol. The molecule has 33 heavy (non-hydrogen) atoms. The Kier molecular flexibility index (Phi) is 6.99. The lowest BCUT2D eigenvalue weighted by Gasteiger charge is -2.34. The van der Waals surface area contributed by atoms with E-state index in [9.17, 15) is 14.4 Å². The van der Waals surface area contributed by atoms with Gasteiger partial charge in [0.25, 0.3) is 5.91 Å². The van der Waals surface area contributed by atoms with Gasteiger partial charge in [-0.1, -0.05) is 29.8 Å². The first-order valence-corrected chi connectivity index (χ1v) is 11.5. The highest BCUT2D eigenvalue weighted by atomic mass is 35.5. The fraction of sp³-hybridized carbons (Fsp3) is 0.320. The summed E-state index contributed by atoms with van der Waals surface area (Å²) in [7, 11) is 0. The SMILES string of the molecule is Cc1ccc(NC(=O)N2CCN(C(=O)C=Cc3ccc(C(=O)NC4CC4)cc3)CC2)cc1Cl. The molecule has 4 rings (SSSR count). The van der Waals surface area contributed by atoms with Gasteiger partial charge < -0.3 is 20.4 Å². The minimum atomic E-state index is -0.205. The maximum Gasteiger partial charge on any atom is 0.321 e. The molecule has 1 saturated carbocycles. The molecule has 4 amide bonds. The minimum absolute atomic E-state index is 0.0588. The van der Waals surface area contributed by atoms with E-state index in [1.54, 1.807) is 34.1 Å². The number of carbonyl (C=O) groups excluding carboxylic acids is 3. The fourth-order valence-corrected chi connectivity index (χ4v) is 3.70. The smallest absolute Gasteiger partial charge is 0.321 e. The highest BCUT2D eigenvalue weighted by molar-refractivity contribution is 6.31. The van der Waals surface area contributed by atoms with Gasteiger partial charge in [-0.3, -0.25) is 9.59 Å². The van der Waals surface area contributed by atoms with Crippen LogP contribution in [0.2, 0.25) is 5.02 Å². The maximum atomic E-state index is 12.6. The average Bonchev–Trinajstić information content (AvgIpc) is 3.64. The van der Waals surface area contributed by atoms with Crippen LogP contribution in [0.4, 0.5) is 10.5 Å². The van der Waals surface area contributed by atoms with E-state index in [-0.39, 0.29) is 17.8 Å². The first-order chi connectivity index (χ1) is 15.9. The zero-order valence-corrected chi connectivity index (χ0v) is 19.3. The van der Waals surface area contributed by atoms with E-state index in [0.717, 1.165) is 24.0 Å². The number of nitrogens with one attached hydrogen (secondary N) is 2. The Morgan fingerprint density at radius 1 is 0.970 bits per heavy atom. The number of urea groups is 1. The van der Waals surface area contributed by atoms with Crippen molar-refractivity contribution in [3.05, 3.63) is 70.3 Å². The lowest BCUT2D eigenvalue weighted by atomic mass is 10.1. The molecule has 2 aromatic carbocycles. The molecule has 172 valence electrons. The summed E-state index contributed by atoms with van der Waals surface area (Å²) in [5.41, 5.74) is 3.06. The van der Waals surface area contributed by atoms with Crippen LogP contribution in [-0.2, 0) is 4.79 Å². The molecule has 0 radical (unpaired) electrons. The summed E-state index contributed by atoms with van der Waals surface area (Å²) in [6.07, 6.45) is 5.37. The van der Waals surface area contributed by atoms with Crippen molar-refractivity contribution in [1.29, 1.82) is 0 Å². The highest BCUT2D eigenvalue weighted by Gasteiger charge is 2.24. The van der Waals surface area contributed by atoms with Crippen molar-refractivity contribution < 1.29 is 14.4 Å². The van der Waals surface area contributed by atoms with Gasteiger partial charge in [-0.2, -0.15) is 0 Å². The molecule has 8 heteroatoms. The normalized spacial score (nSPS) is 16.1. The molecule has 0 bridgehead atoms. The monoisotopic (exact) mass is 466 g/mol. The van der Waals surface area contributed by atoms with Crippen molar-refractivity contribution in [2.75, 3.05) is 31.5 Å². The number of hydrogen-bond donors (Lipinski definition) is 2. The summed E-state index contributed by atoms with van der Waals surface area (Å²) >= 11 is 6.12. The average molecular weight is 467 g/mol. The zero-order valence-electron chi connectivity index (χ0n) is 18.5. The Labute approximate surface area is 198 Å². The number of amides is 4. The van der Waals surface area contributed by atoms with Crippen LogP contribution >= 0.6 is 11.6 Å². The third-order valence-corrected chi connectivity index (χ3v) is 6.21. The second-order valence-electron chi connectivity index (χ2n) is 8.41. The van der Waals surface area contributed by atoms with E-state index >= 15 is 0 Å². The summed E-state index contributed by atoms with van der Waals surface area (Å²) < 4.78 is 0. The molecule has 0 spiro atoms. The van der Waals surface area contributed by atoms with Gasteiger partial charge >= 0.3 is 6.03 Å². The molecule has 1 saturated heterocycles. The van der Waals surface area contributed by atoms with Gasteiger partial charge in [-0.15, -0.1) is 0 Å². The first kappa shape index (κ1) is 22.9. The van der Waals surface area contributed by atoms with E-state index in [0.29, 0.717) is 48.5 Å². The van der Waals surface area contributed by atoms with E-state index < -0.39 is 0 Å². The Morgan fingerprint density at radius 2 is 1.64 bits per heavy atom. The molecule has 1 heterocycles. The van der Waals surface area contributed by atoms with E-state index in [1.807, 2.05) is 31.2 Å². The lowest BCUT2D eigenvalue weighted by Crippen LogP contribution is -2.51. The van der Waals surface area contributed by atoms with Crippen LogP contribution in [0.25, 0.3) is 6.08 Å². The van der Waals surface area contributed by atoms with Crippen LogP contribution in [0.1, 0.15) is 34.3 Å². The summed E-state index contributed by atoms with van der Waals surface area (Å²) in [4.78, 5) is 40.5.